The smallest absolute Gasteiger partial charge is 0.0618 e. The van der Waals surface area contributed by atoms with Crippen LogP contribution in [0.4, 0.5) is 0 Å². The van der Waals surface area contributed by atoms with E-state index in [0.717, 1.165) is 26.2 Å². The highest BCUT2D eigenvalue weighted by atomic mass is 16.3. The minimum Gasteiger partial charge on any atom is -0.394 e. The maximum atomic E-state index is 9.65. The van der Waals surface area contributed by atoms with E-state index in [0.29, 0.717) is 12.0 Å². The lowest BCUT2D eigenvalue weighted by Gasteiger charge is -2.47. The molecule has 2 aliphatic rings. The summed E-state index contributed by atoms with van der Waals surface area (Å²) in [5.41, 5.74) is 0.369. The zero-order valence-electron chi connectivity index (χ0n) is 9.34. The van der Waals surface area contributed by atoms with Crippen molar-refractivity contribution >= 4 is 0 Å². The van der Waals surface area contributed by atoms with Gasteiger partial charge in [-0.1, -0.05) is 6.92 Å². The lowest BCUT2D eigenvalue weighted by Crippen LogP contribution is -2.60. The molecule has 1 saturated heterocycles. The molecule has 0 aromatic carbocycles. The van der Waals surface area contributed by atoms with Crippen LogP contribution in [-0.2, 0) is 0 Å². The molecule has 14 heavy (non-hydrogen) atoms. The van der Waals surface area contributed by atoms with Crippen LogP contribution in [0.2, 0.25) is 0 Å². The molecule has 1 saturated carbocycles. The van der Waals surface area contributed by atoms with Gasteiger partial charge in [0.25, 0.3) is 0 Å². The fraction of sp³-hybridized carbons (Fsp3) is 1.00. The Morgan fingerprint density at radius 3 is 2.36 bits per heavy atom. The Hall–Kier alpha value is -0.120. The van der Waals surface area contributed by atoms with Crippen molar-refractivity contribution in [3.8, 4) is 0 Å². The molecule has 3 heteroatoms. The first-order chi connectivity index (χ1) is 6.62. The van der Waals surface area contributed by atoms with Crippen LogP contribution in [0.15, 0.2) is 0 Å². The Labute approximate surface area is 86.5 Å². The molecule has 0 amide bonds. The average molecular weight is 198 g/mol. The minimum absolute atomic E-state index is 0.00903. The van der Waals surface area contributed by atoms with E-state index in [1.807, 2.05) is 0 Å². The predicted octanol–water partition coefficient (Wildman–Crippen LogP) is 0.443. The maximum absolute atomic E-state index is 9.65. The molecule has 0 aromatic heterocycles. The number of piperazine rings is 1. The Balaban J connectivity index is 2.10. The van der Waals surface area contributed by atoms with Gasteiger partial charge in [-0.2, -0.15) is 0 Å². The van der Waals surface area contributed by atoms with Gasteiger partial charge in [-0.3, -0.25) is 4.90 Å². The van der Waals surface area contributed by atoms with Crippen molar-refractivity contribution in [2.75, 3.05) is 32.8 Å². The molecular weight excluding hydrogens is 176 g/mol. The van der Waals surface area contributed by atoms with Gasteiger partial charge in [-0.15, -0.1) is 0 Å². The fourth-order valence-corrected chi connectivity index (χ4v) is 2.56. The number of nitrogens with one attached hydrogen (secondary N) is 1. The van der Waals surface area contributed by atoms with Crippen molar-refractivity contribution in [1.29, 1.82) is 0 Å². The van der Waals surface area contributed by atoms with Crippen LogP contribution in [0, 0.1) is 5.41 Å². The molecule has 1 aliphatic heterocycles. The number of hydrogen-bond acceptors (Lipinski definition) is 3. The third kappa shape index (κ3) is 1.47. The van der Waals surface area contributed by atoms with Crippen molar-refractivity contribution in [1.82, 2.24) is 10.2 Å². The van der Waals surface area contributed by atoms with Gasteiger partial charge in [0.15, 0.2) is 0 Å². The summed E-state index contributed by atoms with van der Waals surface area (Å²) in [7, 11) is 0. The molecule has 0 spiro atoms. The second-order valence-electron chi connectivity index (χ2n) is 5.23. The van der Waals surface area contributed by atoms with Crippen LogP contribution >= 0.6 is 0 Å². The van der Waals surface area contributed by atoms with E-state index >= 15 is 0 Å². The molecule has 3 nitrogen and oxygen atoms in total. The monoisotopic (exact) mass is 198 g/mol. The summed E-state index contributed by atoms with van der Waals surface area (Å²) < 4.78 is 0. The van der Waals surface area contributed by atoms with Gasteiger partial charge in [0.1, 0.15) is 0 Å². The number of hydrogen-bond donors (Lipinski definition) is 2. The van der Waals surface area contributed by atoms with Crippen LogP contribution in [0.1, 0.15) is 26.7 Å². The predicted molar refractivity (Wildman–Crippen MR) is 57.3 cm³/mol. The van der Waals surface area contributed by atoms with Crippen LogP contribution in [0.25, 0.3) is 0 Å². The van der Waals surface area contributed by atoms with E-state index in [1.54, 1.807) is 0 Å². The standard InChI is InChI=1S/C11H22N2O/c1-10(3-4-10)11(2,9-14)13-7-5-12-6-8-13/h12,14H,3-9H2,1-2H3. The van der Waals surface area contributed by atoms with Gasteiger partial charge >= 0.3 is 0 Å². The van der Waals surface area contributed by atoms with Gasteiger partial charge in [-0.05, 0) is 25.2 Å². The van der Waals surface area contributed by atoms with E-state index in [4.69, 9.17) is 0 Å². The lowest BCUT2D eigenvalue weighted by molar-refractivity contribution is -0.0150. The van der Waals surface area contributed by atoms with Crippen LogP contribution in [-0.4, -0.2) is 48.3 Å². The zero-order chi connectivity index (χ0) is 10.2. The average Bonchev–Trinajstić information content (AvgIpc) is 2.98. The summed E-state index contributed by atoms with van der Waals surface area (Å²) in [5.74, 6) is 0. The van der Waals surface area contributed by atoms with E-state index in [-0.39, 0.29) is 5.54 Å². The van der Waals surface area contributed by atoms with Gasteiger partial charge < -0.3 is 10.4 Å². The molecule has 1 heterocycles. The summed E-state index contributed by atoms with van der Waals surface area (Å²) >= 11 is 0. The van der Waals surface area contributed by atoms with Crippen molar-refractivity contribution in [2.45, 2.75) is 32.2 Å². The first-order valence-corrected chi connectivity index (χ1v) is 5.69. The first kappa shape index (κ1) is 10.4. The van der Waals surface area contributed by atoms with Gasteiger partial charge in [0.2, 0.25) is 0 Å². The third-order valence-electron chi connectivity index (χ3n) is 4.42. The van der Waals surface area contributed by atoms with Gasteiger partial charge in [0.05, 0.1) is 6.61 Å². The third-order valence-corrected chi connectivity index (χ3v) is 4.42. The number of nitrogens with zero attached hydrogens (tertiary/aromatic N) is 1. The quantitative estimate of drug-likeness (QED) is 0.691. The fourth-order valence-electron chi connectivity index (χ4n) is 2.56. The van der Waals surface area contributed by atoms with E-state index < -0.39 is 0 Å². The van der Waals surface area contributed by atoms with E-state index in [9.17, 15) is 5.11 Å². The Morgan fingerprint density at radius 1 is 1.36 bits per heavy atom. The Morgan fingerprint density at radius 2 is 1.93 bits per heavy atom. The highest BCUT2D eigenvalue weighted by Crippen LogP contribution is 2.55. The van der Waals surface area contributed by atoms with Crippen LogP contribution in [0.3, 0.4) is 0 Å². The molecule has 2 N–H and O–H groups in total. The molecule has 1 unspecified atom stereocenters. The lowest BCUT2D eigenvalue weighted by atomic mass is 9.82. The van der Waals surface area contributed by atoms with E-state index in [1.165, 1.54) is 12.8 Å². The molecule has 0 aromatic rings. The van der Waals surface area contributed by atoms with Crippen molar-refractivity contribution < 1.29 is 5.11 Å². The number of rotatable bonds is 3. The SMILES string of the molecule is CC1(C(C)(CO)N2CCNCC2)CC1. The highest BCUT2D eigenvalue weighted by Gasteiger charge is 2.55. The van der Waals surface area contributed by atoms with Crippen molar-refractivity contribution in [3.63, 3.8) is 0 Å². The molecule has 1 aliphatic carbocycles. The summed E-state index contributed by atoms with van der Waals surface area (Å²) in [4.78, 5) is 2.47. The van der Waals surface area contributed by atoms with Crippen molar-refractivity contribution in [2.24, 2.45) is 5.41 Å². The summed E-state index contributed by atoms with van der Waals surface area (Å²) in [6.07, 6.45) is 2.54. The summed E-state index contributed by atoms with van der Waals surface area (Å²) in [5, 5.41) is 13.0. The molecule has 0 radical (unpaired) electrons. The largest absolute Gasteiger partial charge is 0.394 e. The molecular formula is C11H22N2O. The second-order valence-corrected chi connectivity index (χ2v) is 5.23. The molecule has 2 rings (SSSR count). The second kappa shape index (κ2) is 3.47. The number of aliphatic hydroxyl groups is 1. The minimum atomic E-state index is 0.00903. The Bertz CT molecular complexity index is 209. The Kier molecular flexibility index (Phi) is 2.58. The molecule has 1 atom stereocenters. The first-order valence-electron chi connectivity index (χ1n) is 5.69. The summed E-state index contributed by atoms with van der Waals surface area (Å²) in [6.45, 7) is 9.11. The topological polar surface area (TPSA) is 35.5 Å². The van der Waals surface area contributed by atoms with Crippen molar-refractivity contribution in [3.05, 3.63) is 0 Å². The molecule has 0 bridgehead atoms. The van der Waals surface area contributed by atoms with Gasteiger partial charge in [-0.25, -0.2) is 0 Å². The van der Waals surface area contributed by atoms with Gasteiger partial charge in [0, 0.05) is 31.7 Å². The number of aliphatic hydroxyl groups excluding tert-OH is 1. The zero-order valence-corrected chi connectivity index (χ0v) is 9.34. The van der Waals surface area contributed by atoms with E-state index in [2.05, 4.69) is 24.1 Å². The molecule has 82 valence electrons. The van der Waals surface area contributed by atoms with Crippen LogP contribution in [0.5, 0.6) is 0 Å². The molecule has 2 fully saturated rings. The maximum Gasteiger partial charge on any atom is 0.0618 e. The normalized spacial score (nSPS) is 31.1. The summed E-state index contributed by atoms with van der Waals surface area (Å²) in [6, 6.07) is 0. The van der Waals surface area contributed by atoms with Crippen LogP contribution < -0.4 is 5.32 Å². The highest BCUT2D eigenvalue weighted by molar-refractivity contribution is 5.09.